The molecule has 0 fully saturated rings. The Morgan fingerprint density at radius 2 is 0.840 bits per heavy atom. The Morgan fingerprint density at radius 3 is 1.42 bits per heavy atom. The fourth-order valence-electron chi connectivity index (χ4n) is 6.16. The zero-order chi connectivity index (χ0) is 58.3. The maximum atomic E-state index is 10.4. The molecule has 0 atom stereocenters. The minimum absolute atomic E-state index is 0.471. The van der Waals surface area contributed by atoms with Gasteiger partial charge in [0.05, 0.1) is 67.5 Å². The Morgan fingerprint density at radius 1 is 0.360 bits per heavy atom. The van der Waals surface area contributed by atoms with E-state index >= 15 is 0 Å². The standard InChI is InChI=1S/C48H32N2/c1-4-16-33(17-5-1)37-24-15-29-46-47(37)42-32-36(49-43-27-12-10-22-40(43)41-23-11-13-28-44(41)49)30-31-45(42)50(46)48-38(34-18-6-2-7-19-34)25-14-26-39(48)35-20-8-3-9-21-35/h1-32H/i1D,2D,3D,4D,5D,6D,7D,8D,9D,10D,11D,12D,13D,15D,16D,17D,18D,19D,20D,21D,22D,23D,24D,27D,28D,29D,30D,31D,32D. The van der Waals surface area contributed by atoms with E-state index in [-0.39, 0.29) is 0 Å². The van der Waals surface area contributed by atoms with Crippen LogP contribution in [0.1, 0.15) is 39.8 Å². The van der Waals surface area contributed by atoms with Crippen molar-refractivity contribution in [1.82, 2.24) is 9.13 Å². The molecule has 0 amide bonds. The molecule has 0 aliphatic heterocycles. The molecule has 0 aliphatic carbocycles. The first kappa shape index (κ1) is 11.8. The van der Waals surface area contributed by atoms with Gasteiger partial charge in [-0.2, -0.15) is 0 Å². The minimum atomic E-state index is -1.09. The number of hydrogen-bond donors (Lipinski definition) is 0. The smallest absolute Gasteiger partial charge is 0.0652 e. The molecule has 0 unspecified atom stereocenters. The van der Waals surface area contributed by atoms with Gasteiger partial charge in [-0.15, -0.1) is 0 Å². The minimum Gasteiger partial charge on any atom is -0.309 e. The lowest BCUT2D eigenvalue weighted by molar-refractivity contribution is 1.17. The maximum Gasteiger partial charge on any atom is 0.0652 e. The first-order valence-corrected chi connectivity index (χ1v) is 14.8. The molecule has 2 nitrogen and oxygen atoms in total. The van der Waals surface area contributed by atoms with Gasteiger partial charge in [0.2, 0.25) is 0 Å². The average Bonchev–Trinajstić information content (AvgIpc) is 3.38. The molecule has 0 radical (unpaired) electrons. The molecule has 0 saturated carbocycles. The second-order valence-corrected chi connectivity index (χ2v) is 10.7. The van der Waals surface area contributed by atoms with Gasteiger partial charge in [0.15, 0.2) is 0 Å². The summed E-state index contributed by atoms with van der Waals surface area (Å²) >= 11 is 0. The van der Waals surface area contributed by atoms with E-state index in [2.05, 4.69) is 0 Å². The molecule has 8 aromatic carbocycles. The van der Waals surface area contributed by atoms with E-state index in [1.165, 1.54) is 18.2 Å². The molecule has 0 aliphatic rings. The quantitative estimate of drug-likeness (QED) is 0.173. The molecule has 2 aromatic heterocycles. The summed E-state index contributed by atoms with van der Waals surface area (Å²) in [7, 11) is 0. The van der Waals surface area contributed by atoms with Gasteiger partial charge in [-0.3, -0.25) is 0 Å². The summed E-state index contributed by atoms with van der Waals surface area (Å²) in [5, 5.41) is -2.45. The molecular formula is C48H32N2. The summed E-state index contributed by atoms with van der Waals surface area (Å²) in [4.78, 5) is 0. The molecule has 2 heterocycles. The van der Waals surface area contributed by atoms with Crippen molar-refractivity contribution in [2.45, 2.75) is 0 Å². The van der Waals surface area contributed by atoms with Crippen LogP contribution in [-0.4, -0.2) is 9.13 Å². The predicted octanol–water partition coefficient (Wildman–Crippen LogP) is 12.9. The molecule has 0 N–H and O–H groups in total. The lowest BCUT2D eigenvalue weighted by atomic mass is 9.95. The third-order valence-corrected chi connectivity index (χ3v) is 8.14. The van der Waals surface area contributed by atoms with Crippen LogP contribution in [0, 0.1) is 0 Å². The first-order chi connectivity index (χ1) is 36.9. The lowest BCUT2D eigenvalue weighted by Crippen LogP contribution is -2.01. The third kappa shape index (κ3) is 4.36. The van der Waals surface area contributed by atoms with E-state index in [1.54, 1.807) is 0 Å². The van der Waals surface area contributed by atoms with Crippen molar-refractivity contribution in [3.05, 3.63) is 193 Å². The zero-order valence-electron chi connectivity index (χ0n) is 54.1. The summed E-state index contributed by atoms with van der Waals surface area (Å²) in [6.45, 7) is 0. The highest BCUT2D eigenvalue weighted by atomic mass is 15.0. The summed E-state index contributed by atoms with van der Waals surface area (Å²) in [5.74, 6) is 0. The van der Waals surface area contributed by atoms with Crippen LogP contribution in [0.5, 0.6) is 0 Å². The normalized spacial score (nSPS) is 19.7. The highest BCUT2D eigenvalue weighted by Gasteiger charge is 2.22. The van der Waals surface area contributed by atoms with Gasteiger partial charge < -0.3 is 9.13 Å². The largest absolute Gasteiger partial charge is 0.309 e. The predicted molar refractivity (Wildman–Crippen MR) is 211 cm³/mol. The first-order valence-electron chi connectivity index (χ1n) is 29.3. The van der Waals surface area contributed by atoms with Crippen LogP contribution in [0.3, 0.4) is 0 Å². The molecule has 2 heteroatoms. The Hall–Kier alpha value is -6.64. The molecule has 234 valence electrons. The Bertz CT molecular complexity index is 4280. The van der Waals surface area contributed by atoms with Gasteiger partial charge in [-0.05, 0) is 58.5 Å². The summed E-state index contributed by atoms with van der Waals surface area (Å²) in [6.07, 6.45) is 0. The monoisotopic (exact) mass is 665 g/mol. The van der Waals surface area contributed by atoms with Crippen molar-refractivity contribution in [2.75, 3.05) is 0 Å². The van der Waals surface area contributed by atoms with E-state index in [1.807, 2.05) is 0 Å². The van der Waals surface area contributed by atoms with Gasteiger partial charge in [-0.1, -0.05) is 157 Å². The van der Waals surface area contributed by atoms with E-state index < -0.39 is 264 Å². The highest BCUT2D eigenvalue weighted by molar-refractivity contribution is 6.17. The number of nitrogens with zero attached hydrogens (tertiary/aromatic N) is 2. The van der Waals surface area contributed by atoms with Crippen molar-refractivity contribution in [1.29, 1.82) is 0 Å². The number of aromatic nitrogens is 2. The van der Waals surface area contributed by atoms with Crippen LogP contribution < -0.4 is 0 Å². The fourth-order valence-corrected chi connectivity index (χ4v) is 6.16. The fraction of sp³-hybridized carbons (Fsp3) is 0. The number of para-hydroxylation sites is 3. The number of benzene rings is 8. The molecule has 10 aromatic rings. The van der Waals surface area contributed by atoms with Crippen LogP contribution in [0.4, 0.5) is 0 Å². The van der Waals surface area contributed by atoms with Gasteiger partial charge in [0.1, 0.15) is 0 Å². The van der Waals surface area contributed by atoms with Crippen LogP contribution in [-0.2, 0) is 0 Å². The zero-order valence-corrected chi connectivity index (χ0v) is 25.1. The van der Waals surface area contributed by atoms with E-state index in [9.17, 15) is 16.4 Å². The summed E-state index contributed by atoms with van der Waals surface area (Å²) < 4.78 is 264. The highest BCUT2D eigenvalue weighted by Crippen LogP contribution is 2.44. The van der Waals surface area contributed by atoms with Crippen LogP contribution in [0.25, 0.3) is 88.4 Å². The van der Waals surface area contributed by atoms with Crippen molar-refractivity contribution < 1.29 is 39.8 Å². The van der Waals surface area contributed by atoms with E-state index in [4.69, 9.17) is 23.3 Å². The van der Waals surface area contributed by atoms with Gasteiger partial charge in [0.25, 0.3) is 0 Å². The Labute approximate surface area is 331 Å². The topological polar surface area (TPSA) is 9.86 Å². The van der Waals surface area contributed by atoms with Crippen molar-refractivity contribution in [2.24, 2.45) is 0 Å². The van der Waals surface area contributed by atoms with E-state index in [0.29, 0.717) is 0 Å². The van der Waals surface area contributed by atoms with Gasteiger partial charge in [-0.25, -0.2) is 0 Å². The van der Waals surface area contributed by atoms with Crippen LogP contribution in [0.15, 0.2) is 193 Å². The van der Waals surface area contributed by atoms with Crippen LogP contribution >= 0.6 is 0 Å². The molecule has 0 spiro atoms. The lowest BCUT2D eigenvalue weighted by Gasteiger charge is -2.19. The second-order valence-electron chi connectivity index (χ2n) is 10.7. The molecular weight excluding hydrogens is 605 g/mol. The molecule has 0 bridgehead atoms. The Balaban J connectivity index is 1.60. The molecule has 10 rings (SSSR count). The second kappa shape index (κ2) is 11.5. The molecule has 50 heavy (non-hydrogen) atoms. The third-order valence-electron chi connectivity index (χ3n) is 8.14. The summed E-state index contributed by atoms with van der Waals surface area (Å²) in [5.41, 5.74) is -8.06. The maximum absolute atomic E-state index is 10.4. The van der Waals surface area contributed by atoms with Gasteiger partial charge >= 0.3 is 0 Å². The Kier molecular flexibility index (Phi) is 2.70. The number of fused-ring (bicyclic) bond motifs is 6. The SMILES string of the molecule is [2H]c1c([2H])c([2H])c(-c2cccc(-c3c([2H])c([2H])c([2H])c([2H])c3[2H])c2-n2c3c([2H])c([2H])c(-n4c5c([2H])c([2H])c([2H])c([2H])c5c5c([2H])c([2H])c([2H])c([2H])c54)c([2H])c3c3c(-c4c([2H])c([2H])c([2H])c([2H])c4[2H])c([2H])c([2H])c([2H])c32)c([2H])c1[2H]. The van der Waals surface area contributed by atoms with E-state index in [0.717, 1.165) is 9.13 Å². The van der Waals surface area contributed by atoms with Crippen molar-refractivity contribution in [3.8, 4) is 44.8 Å². The average molecular weight is 666 g/mol. The van der Waals surface area contributed by atoms with Crippen molar-refractivity contribution >= 4 is 43.6 Å². The number of hydrogen-bond acceptors (Lipinski definition) is 0. The number of rotatable bonds is 5. The summed E-state index contributed by atoms with van der Waals surface area (Å²) in [6, 6.07) is -23.4. The van der Waals surface area contributed by atoms with Gasteiger partial charge in [0, 0.05) is 38.4 Å². The molecule has 0 saturated heterocycles. The van der Waals surface area contributed by atoms with Crippen molar-refractivity contribution in [3.63, 3.8) is 0 Å². The van der Waals surface area contributed by atoms with Crippen LogP contribution in [0.2, 0.25) is 0 Å².